The lowest BCUT2D eigenvalue weighted by atomic mass is 9.96. The monoisotopic (exact) mass is 402 g/mol. The molecule has 1 saturated carbocycles. The summed E-state index contributed by atoms with van der Waals surface area (Å²) in [6.07, 6.45) is 7.44. The second kappa shape index (κ2) is 7.49. The first-order valence-corrected chi connectivity index (χ1v) is 9.90. The summed E-state index contributed by atoms with van der Waals surface area (Å²) in [4.78, 5) is 17.2. The molecule has 0 aliphatic heterocycles. The highest BCUT2D eigenvalue weighted by Crippen LogP contribution is 2.34. The van der Waals surface area contributed by atoms with Gasteiger partial charge in [-0.15, -0.1) is 0 Å². The highest BCUT2D eigenvalue weighted by Gasteiger charge is 2.24. The molecule has 1 N–H and O–H groups in total. The number of hydrogen-bond donors (Lipinski definition) is 1. The Morgan fingerprint density at radius 2 is 1.85 bits per heavy atom. The quantitative estimate of drug-likeness (QED) is 0.601. The van der Waals surface area contributed by atoms with Gasteiger partial charge in [0.1, 0.15) is 0 Å². The molecule has 27 heavy (non-hydrogen) atoms. The van der Waals surface area contributed by atoms with E-state index in [9.17, 15) is 4.79 Å². The summed E-state index contributed by atoms with van der Waals surface area (Å²) in [7, 11) is 0. The van der Waals surface area contributed by atoms with Gasteiger partial charge < -0.3 is 5.32 Å². The first-order chi connectivity index (χ1) is 13.0. The number of nitrogens with zero attached hydrogens (tertiary/aromatic N) is 3. The molecule has 5 nitrogen and oxygen atoms in total. The molecule has 7 heteroatoms. The standard InChI is InChI=1S/C20H20Cl2N4O/c1-12-17-18(22)16(20(27)24-14-9-7-13(21)8-10-14)11-23-19(17)26(25-12)15-5-3-2-4-6-15/h7-11,15H,2-6H2,1H3,(H,24,27). The minimum absolute atomic E-state index is 0.304. The van der Waals surface area contributed by atoms with Crippen molar-refractivity contribution in [3.05, 3.63) is 51.8 Å². The van der Waals surface area contributed by atoms with Gasteiger partial charge in [-0.1, -0.05) is 42.5 Å². The van der Waals surface area contributed by atoms with E-state index in [0.29, 0.717) is 27.3 Å². The fourth-order valence-electron chi connectivity index (χ4n) is 3.70. The van der Waals surface area contributed by atoms with Gasteiger partial charge in [-0.05, 0) is 44.0 Å². The van der Waals surface area contributed by atoms with Crippen LogP contribution >= 0.6 is 23.2 Å². The minimum atomic E-state index is -0.304. The van der Waals surface area contributed by atoms with E-state index in [1.54, 1.807) is 24.3 Å². The molecular weight excluding hydrogens is 383 g/mol. The average Bonchev–Trinajstić information content (AvgIpc) is 3.02. The van der Waals surface area contributed by atoms with Crippen molar-refractivity contribution in [1.82, 2.24) is 14.8 Å². The van der Waals surface area contributed by atoms with Crippen LogP contribution in [0.15, 0.2) is 30.5 Å². The normalized spacial score (nSPS) is 15.2. The van der Waals surface area contributed by atoms with Crippen molar-refractivity contribution in [3.8, 4) is 0 Å². The largest absolute Gasteiger partial charge is 0.322 e. The van der Waals surface area contributed by atoms with E-state index in [-0.39, 0.29) is 5.91 Å². The molecule has 0 bridgehead atoms. The first-order valence-electron chi connectivity index (χ1n) is 9.15. The highest BCUT2D eigenvalue weighted by atomic mass is 35.5. The number of halogens is 2. The molecule has 0 spiro atoms. The number of rotatable bonds is 3. The molecule has 0 unspecified atom stereocenters. The van der Waals surface area contributed by atoms with Crippen LogP contribution in [0.25, 0.3) is 11.0 Å². The van der Waals surface area contributed by atoms with Gasteiger partial charge in [0.2, 0.25) is 0 Å². The fraction of sp³-hybridized carbons (Fsp3) is 0.350. The number of pyridine rings is 1. The van der Waals surface area contributed by atoms with Gasteiger partial charge in [-0.3, -0.25) is 4.79 Å². The lowest BCUT2D eigenvalue weighted by molar-refractivity contribution is 0.102. The molecule has 1 aliphatic carbocycles. The van der Waals surface area contributed by atoms with Crippen molar-refractivity contribution in [2.45, 2.75) is 45.1 Å². The van der Waals surface area contributed by atoms with Gasteiger partial charge in [0.05, 0.1) is 27.7 Å². The van der Waals surface area contributed by atoms with E-state index >= 15 is 0 Å². The zero-order valence-corrected chi connectivity index (χ0v) is 16.5. The van der Waals surface area contributed by atoms with Crippen molar-refractivity contribution < 1.29 is 4.79 Å². The van der Waals surface area contributed by atoms with Crippen LogP contribution in [0.1, 0.15) is 54.2 Å². The van der Waals surface area contributed by atoms with Crippen molar-refractivity contribution in [3.63, 3.8) is 0 Å². The van der Waals surface area contributed by atoms with E-state index in [1.165, 1.54) is 25.5 Å². The lowest BCUT2D eigenvalue weighted by Gasteiger charge is -2.22. The second-order valence-electron chi connectivity index (χ2n) is 6.97. The van der Waals surface area contributed by atoms with Crippen LogP contribution in [0.5, 0.6) is 0 Å². The molecule has 0 radical (unpaired) electrons. The van der Waals surface area contributed by atoms with E-state index in [4.69, 9.17) is 28.3 Å². The predicted octanol–water partition coefficient (Wildman–Crippen LogP) is 5.80. The Morgan fingerprint density at radius 3 is 2.56 bits per heavy atom. The number of hydrogen-bond acceptors (Lipinski definition) is 3. The predicted molar refractivity (Wildman–Crippen MR) is 109 cm³/mol. The molecule has 1 amide bonds. The van der Waals surface area contributed by atoms with Gasteiger partial charge in [0, 0.05) is 16.9 Å². The molecule has 1 aromatic carbocycles. The summed E-state index contributed by atoms with van der Waals surface area (Å²) in [6.45, 7) is 1.91. The van der Waals surface area contributed by atoms with Crippen LogP contribution in [0.4, 0.5) is 5.69 Å². The van der Waals surface area contributed by atoms with Gasteiger partial charge in [0.15, 0.2) is 5.65 Å². The van der Waals surface area contributed by atoms with Crippen molar-refractivity contribution in [1.29, 1.82) is 0 Å². The third kappa shape index (κ3) is 3.54. The Labute approximate surface area is 167 Å². The Hall–Kier alpha value is -2.11. The molecule has 2 heterocycles. The van der Waals surface area contributed by atoms with Crippen LogP contribution in [0, 0.1) is 6.92 Å². The van der Waals surface area contributed by atoms with E-state index in [1.807, 2.05) is 11.6 Å². The Kier molecular flexibility index (Phi) is 5.06. The minimum Gasteiger partial charge on any atom is -0.322 e. The zero-order chi connectivity index (χ0) is 19.0. The average molecular weight is 403 g/mol. The summed E-state index contributed by atoms with van der Waals surface area (Å²) in [5.41, 5.74) is 2.54. The number of carbonyl (C=O) groups excluding carboxylic acids is 1. The lowest BCUT2D eigenvalue weighted by Crippen LogP contribution is -2.15. The van der Waals surface area contributed by atoms with Crippen molar-refractivity contribution in [2.24, 2.45) is 0 Å². The van der Waals surface area contributed by atoms with Gasteiger partial charge in [-0.2, -0.15) is 5.10 Å². The number of aromatic nitrogens is 3. The van der Waals surface area contributed by atoms with Gasteiger partial charge in [-0.25, -0.2) is 9.67 Å². The maximum atomic E-state index is 12.7. The number of anilines is 1. The van der Waals surface area contributed by atoms with Crippen LogP contribution in [-0.4, -0.2) is 20.7 Å². The Balaban J connectivity index is 1.68. The SMILES string of the molecule is Cc1nn(C2CCCCC2)c2ncc(C(=O)Nc3ccc(Cl)cc3)c(Cl)c12. The van der Waals surface area contributed by atoms with Crippen LogP contribution in [0.2, 0.25) is 10.0 Å². The molecule has 140 valence electrons. The van der Waals surface area contributed by atoms with Gasteiger partial charge >= 0.3 is 0 Å². The molecule has 0 saturated heterocycles. The highest BCUT2D eigenvalue weighted by molar-refractivity contribution is 6.39. The summed E-state index contributed by atoms with van der Waals surface area (Å²) >= 11 is 12.5. The summed E-state index contributed by atoms with van der Waals surface area (Å²) in [5, 5.41) is 9.28. The number of amides is 1. The zero-order valence-electron chi connectivity index (χ0n) is 15.0. The molecule has 1 fully saturated rings. The molecule has 1 aliphatic rings. The summed E-state index contributed by atoms with van der Waals surface area (Å²) in [5.74, 6) is -0.304. The molecule has 2 aromatic heterocycles. The van der Waals surface area contributed by atoms with E-state index in [2.05, 4.69) is 10.3 Å². The topological polar surface area (TPSA) is 59.8 Å². The maximum absolute atomic E-state index is 12.7. The Bertz CT molecular complexity index is 991. The third-order valence-corrected chi connectivity index (χ3v) is 5.74. The summed E-state index contributed by atoms with van der Waals surface area (Å²) < 4.78 is 2.00. The molecule has 4 rings (SSSR count). The van der Waals surface area contributed by atoms with Crippen molar-refractivity contribution in [2.75, 3.05) is 5.32 Å². The number of nitrogens with one attached hydrogen (secondary N) is 1. The van der Waals surface area contributed by atoms with E-state index in [0.717, 1.165) is 29.6 Å². The van der Waals surface area contributed by atoms with Crippen LogP contribution in [-0.2, 0) is 0 Å². The number of carbonyl (C=O) groups is 1. The van der Waals surface area contributed by atoms with Gasteiger partial charge in [0.25, 0.3) is 5.91 Å². The number of fused-ring (bicyclic) bond motifs is 1. The smallest absolute Gasteiger partial charge is 0.258 e. The number of benzene rings is 1. The van der Waals surface area contributed by atoms with Crippen LogP contribution in [0.3, 0.4) is 0 Å². The molecule has 0 atom stereocenters. The third-order valence-electron chi connectivity index (χ3n) is 5.10. The first kappa shape index (κ1) is 18.3. The Morgan fingerprint density at radius 1 is 1.15 bits per heavy atom. The molecule has 3 aromatic rings. The number of aryl methyl sites for hydroxylation is 1. The van der Waals surface area contributed by atoms with Crippen LogP contribution < -0.4 is 5.32 Å². The molecular formula is C20H20Cl2N4O. The maximum Gasteiger partial charge on any atom is 0.258 e. The summed E-state index contributed by atoms with van der Waals surface area (Å²) in [6, 6.07) is 7.28. The van der Waals surface area contributed by atoms with Crippen molar-refractivity contribution >= 4 is 45.8 Å². The fourth-order valence-corrected chi connectivity index (χ4v) is 4.19. The van der Waals surface area contributed by atoms with E-state index < -0.39 is 0 Å². The second-order valence-corrected chi connectivity index (χ2v) is 7.78.